The first kappa shape index (κ1) is 22.7. The van der Waals surface area contributed by atoms with Crippen LogP contribution in [-0.4, -0.2) is 55.2 Å². The summed E-state index contributed by atoms with van der Waals surface area (Å²) in [4.78, 5) is 48.9. The number of epoxide rings is 1. The van der Waals surface area contributed by atoms with E-state index in [1.807, 2.05) is 0 Å². The molecule has 0 radical (unpaired) electrons. The van der Waals surface area contributed by atoms with Gasteiger partial charge in [-0.3, -0.25) is 14.4 Å². The van der Waals surface area contributed by atoms with Gasteiger partial charge in [-0.25, -0.2) is 4.79 Å². The number of esters is 3. The first-order valence-electron chi connectivity index (χ1n) is 11.1. The Bertz CT molecular complexity index is 913. The third-order valence-corrected chi connectivity index (χ3v) is 8.02. The molecule has 8 heteroatoms. The topological polar surface area (TPSA) is 108 Å². The van der Waals surface area contributed by atoms with Crippen molar-refractivity contribution in [3.63, 3.8) is 0 Å². The lowest BCUT2D eigenvalue weighted by atomic mass is 9.43. The summed E-state index contributed by atoms with van der Waals surface area (Å²) in [6.07, 6.45) is 5.93. The van der Waals surface area contributed by atoms with Crippen LogP contribution in [0.25, 0.3) is 0 Å². The lowest BCUT2D eigenvalue weighted by Gasteiger charge is -2.60. The minimum Gasteiger partial charge on any atom is -0.465 e. The zero-order chi connectivity index (χ0) is 23.3. The van der Waals surface area contributed by atoms with Crippen molar-refractivity contribution in [2.45, 2.75) is 58.7 Å². The summed E-state index contributed by atoms with van der Waals surface area (Å²) in [7, 11) is 0. The Morgan fingerprint density at radius 1 is 1.22 bits per heavy atom. The average Bonchev–Trinajstić information content (AvgIpc) is 3.38. The van der Waals surface area contributed by atoms with Crippen LogP contribution in [0.2, 0.25) is 0 Å². The van der Waals surface area contributed by atoms with E-state index in [0.717, 1.165) is 5.57 Å². The fraction of sp³-hybridized carbons (Fsp3) is 0.667. The zero-order valence-electron chi connectivity index (χ0n) is 19.0. The lowest BCUT2D eigenvalue weighted by Crippen LogP contribution is -2.68. The first-order chi connectivity index (χ1) is 15.0. The van der Waals surface area contributed by atoms with Crippen molar-refractivity contribution >= 4 is 23.7 Å². The number of cyclic esters (lactones) is 1. The highest BCUT2D eigenvalue weighted by Gasteiger charge is 2.76. The number of allylic oxidation sites excluding steroid dienone is 1. The second-order valence-corrected chi connectivity index (χ2v) is 9.82. The van der Waals surface area contributed by atoms with E-state index in [4.69, 9.17) is 18.9 Å². The van der Waals surface area contributed by atoms with Gasteiger partial charge < -0.3 is 18.9 Å². The fourth-order valence-electron chi connectivity index (χ4n) is 6.12. The van der Waals surface area contributed by atoms with Gasteiger partial charge in [0.15, 0.2) is 5.78 Å². The average molecular weight is 446 g/mol. The van der Waals surface area contributed by atoms with Crippen molar-refractivity contribution in [3.05, 3.63) is 23.8 Å². The Morgan fingerprint density at radius 2 is 1.94 bits per heavy atom. The van der Waals surface area contributed by atoms with Gasteiger partial charge in [-0.05, 0) is 48.3 Å². The van der Waals surface area contributed by atoms with Crippen LogP contribution < -0.4 is 0 Å². The van der Waals surface area contributed by atoms with Crippen LogP contribution in [0.4, 0.5) is 0 Å². The molecule has 0 bridgehead atoms. The second kappa shape index (κ2) is 7.83. The molecule has 1 saturated carbocycles. The van der Waals surface area contributed by atoms with Crippen molar-refractivity contribution in [1.29, 1.82) is 0 Å². The molecule has 0 N–H and O–H groups in total. The molecule has 0 amide bonds. The van der Waals surface area contributed by atoms with Crippen LogP contribution >= 0.6 is 0 Å². The molecule has 6 unspecified atom stereocenters. The molecule has 6 atom stereocenters. The number of carbonyl (C=O) groups is 4. The summed E-state index contributed by atoms with van der Waals surface area (Å²) in [6.45, 7) is 7.35. The molecular formula is C24H30O8. The van der Waals surface area contributed by atoms with Crippen LogP contribution in [0.3, 0.4) is 0 Å². The minimum absolute atomic E-state index is 0.0205. The summed E-state index contributed by atoms with van der Waals surface area (Å²) in [5, 5.41) is 0. The predicted octanol–water partition coefficient (Wildman–Crippen LogP) is 2.30. The van der Waals surface area contributed by atoms with Crippen LogP contribution in [0.1, 0.15) is 47.0 Å². The number of fused-ring (bicyclic) bond motifs is 2. The van der Waals surface area contributed by atoms with Crippen LogP contribution in [0.15, 0.2) is 23.8 Å². The van der Waals surface area contributed by atoms with E-state index in [1.54, 1.807) is 12.2 Å². The van der Waals surface area contributed by atoms with Gasteiger partial charge in [-0.15, -0.1) is 0 Å². The monoisotopic (exact) mass is 446 g/mol. The molecule has 2 aliphatic carbocycles. The molecule has 0 aromatic rings. The first-order valence-corrected chi connectivity index (χ1v) is 11.1. The molecule has 4 aliphatic rings. The summed E-state index contributed by atoms with van der Waals surface area (Å²) in [5.41, 5.74) is -1.46. The van der Waals surface area contributed by atoms with Gasteiger partial charge in [0.25, 0.3) is 0 Å². The Hall–Kier alpha value is -2.48. The van der Waals surface area contributed by atoms with E-state index in [2.05, 4.69) is 13.8 Å². The van der Waals surface area contributed by atoms with Crippen LogP contribution in [0, 0.1) is 22.7 Å². The molecule has 2 fully saturated rings. The highest BCUT2D eigenvalue weighted by atomic mass is 16.6. The van der Waals surface area contributed by atoms with Crippen molar-refractivity contribution in [3.8, 4) is 0 Å². The largest absolute Gasteiger partial charge is 0.465 e. The summed E-state index contributed by atoms with van der Waals surface area (Å²) in [6, 6.07) is 0. The van der Waals surface area contributed by atoms with Gasteiger partial charge >= 0.3 is 17.9 Å². The van der Waals surface area contributed by atoms with Gasteiger partial charge in [0, 0.05) is 25.8 Å². The standard InChI is InChI=1S/C24H30O8/c1-14-9-19(32-16(3)26)24(13-30-15(2)25)21(18(27)6-8-23(24)12-31-23)22(14,4)7-5-17-10-20(28)29-11-17/h6,8,10,14,19,21H,5,7,9,11-13H2,1-4H3. The maximum atomic E-state index is 13.5. The SMILES string of the molecule is CC(=O)OCC12C(OC(C)=O)CC(C)C(C)(CCC3=CC(=O)OC3)C1C(=O)C=CC21CO1. The Balaban J connectivity index is 1.78. The quantitative estimate of drug-likeness (QED) is 0.347. The summed E-state index contributed by atoms with van der Waals surface area (Å²) >= 11 is 0. The molecule has 1 saturated heterocycles. The van der Waals surface area contributed by atoms with Gasteiger partial charge in [0.1, 0.15) is 24.9 Å². The minimum atomic E-state index is -1.02. The van der Waals surface area contributed by atoms with Gasteiger partial charge in [-0.1, -0.05) is 13.8 Å². The highest BCUT2D eigenvalue weighted by molar-refractivity contribution is 5.95. The molecule has 2 aliphatic heterocycles. The smallest absolute Gasteiger partial charge is 0.331 e. The van der Waals surface area contributed by atoms with E-state index in [0.29, 0.717) is 25.9 Å². The van der Waals surface area contributed by atoms with Crippen molar-refractivity contribution in [2.75, 3.05) is 19.8 Å². The number of carbonyl (C=O) groups excluding carboxylic acids is 4. The van der Waals surface area contributed by atoms with E-state index in [1.165, 1.54) is 19.9 Å². The number of ketones is 1. The van der Waals surface area contributed by atoms with Gasteiger partial charge in [-0.2, -0.15) is 0 Å². The molecule has 1 spiro atoms. The summed E-state index contributed by atoms with van der Waals surface area (Å²) < 4.78 is 22.3. The highest BCUT2D eigenvalue weighted by Crippen LogP contribution is 2.67. The van der Waals surface area contributed by atoms with E-state index < -0.39 is 40.4 Å². The van der Waals surface area contributed by atoms with Crippen molar-refractivity contribution in [2.24, 2.45) is 22.7 Å². The predicted molar refractivity (Wildman–Crippen MR) is 111 cm³/mol. The van der Waals surface area contributed by atoms with Crippen molar-refractivity contribution in [1.82, 2.24) is 0 Å². The zero-order valence-corrected chi connectivity index (χ0v) is 19.0. The number of hydrogen-bond acceptors (Lipinski definition) is 8. The van der Waals surface area contributed by atoms with Gasteiger partial charge in [0.05, 0.1) is 12.0 Å². The Labute approximate surface area is 187 Å². The van der Waals surface area contributed by atoms with E-state index in [9.17, 15) is 19.2 Å². The fourth-order valence-corrected chi connectivity index (χ4v) is 6.12. The maximum absolute atomic E-state index is 13.5. The second-order valence-electron chi connectivity index (χ2n) is 9.82. The molecular weight excluding hydrogens is 416 g/mol. The number of rotatable bonds is 6. The molecule has 8 nitrogen and oxygen atoms in total. The molecule has 32 heavy (non-hydrogen) atoms. The Morgan fingerprint density at radius 3 is 2.50 bits per heavy atom. The van der Waals surface area contributed by atoms with Crippen LogP contribution in [-0.2, 0) is 38.1 Å². The summed E-state index contributed by atoms with van der Waals surface area (Å²) in [5.74, 6) is -1.91. The number of ether oxygens (including phenoxy) is 4. The molecule has 0 aromatic carbocycles. The van der Waals surface area contributed by atoms with Gasteiger partial charge in [0.2, 0.25) is 0 Å². The number of hydrogen-bond donors (Lipinski definition) is 0. The molecule has 174 valence electrons. The van der Waals surface area contributed by atoms with Crippen LogP contribution in [0.5, 0.6) is 0 Å². The molecule has 4 rings (SSSR count). The van der Waals surface area contributed by atoms with Crippen molar-refractivity contribution < 1.29 is 38.1 Å². The lowest BCUT2D eigenvalue weighted by molar-refractivity contribution is -0.212. The van der Waals surface area contributed by atoms with E-state index >= 15 is 0 Å². The van der Waals surface area contributed by atoms with E-state index in [-0.39, 0.29) is 30.9 Å². The normalized spacial score (nSPS) is 39.9. The molecule has 2 heterocycles. The Kier molecular flexibility index (Phi) is 5.56. The third-order valence-electron chi connectivity index (χ3n) is 8.02. The third kappa shape index (κ3) is 3.49. The maximum Gasteiger partial charge on any atom is 0.331 e. The molecule has 0 aromatic heterocycles.